The van der Waals surface area contributed by atoms with Gasteiger partial charge in [-0.3, -0.25) is 9.97 Å². The van der Waals surface area contributed by atoms with E-state index in [1.54, 1.807) is 0 Å². The molecule has 0 bridgehead atoms. The van der Waals surface area contributed by atoms with E-state index in [0.29, 0.717) is 5.92 Å². The third-order valence-corrected chi connectivity index (χ3v) is 5.62. The molecule has 0 spiro atoms. The minimum atomic E-state index is 0.349. The van der Waals surface area contributed by atoms with E-state index in [2.05, 4.69) is 70.2 Å². The summed E-state index contributed by atoms with van der Waals surface area (Å²) < 4.78 is 0. The Morgan fingerprint density at radius 2 is 1.41 bits per heavy atom. The van der Waals surface area contributed by atoms with Gasteiger partial charge in [0.25, 0.3) is 0 Å². The number of rotatable bonds is 2. The molecule has 5 heteroatoms. The molecule has 0 unspecified atom stereocenters. The average Bonchev–Trinajstić information content (AvgIpc) is 3.36. The second kappa shape index (κ2) is 5.88. The van der Waals surface area contributed by atoms with Gasteiger partial charge in [0, 0.05) is 45.3 Å². The van der Waals surface area contributed by atoms with Crippen LogP contribution in [0.3, 0.4) is 0 Å². The molecular weight excluding hydrogens is 358 g/mol. The Hall–Kier alpha value is -3.73. The van der Waals surface area contributed by atoms with E-state index < -0.39 is 0 Å². The summed E-state index contributed by atoms with van der Waals surface area (Å²) in [6.07, 6.45) is 3.63. The van der Waals surface area contributed by atoms with Crippen molar-refractivity contribution in [1.29, 1.82) is 0 Å². The minimum Gasteiger partial charge on any atom is -0.358 e. The molecule has 29 heavy (non-hydrogen) atoms. The van der Waals surface area contributed by atoms with Crippen molar-refractivity contribution in [2.75, 3.05) is 0 Å². The van der Waals surface area contributed by atoms with Crippen LogP contribution in [0.25, 0.3) is 55.1 Å². The molecule has 0 fully saturated rings. The Bertz CT molecular complexity index is 1460. The lowest BCUT2D eigenvalue weighted by Gasteiger charge is -2.05. The molecule has 140 valence electrons. The third-order valence-electron chi connectivity index (χ3n) is 5.62. The Labute approximate surface area is 166 Å². The van der Waals surface area contributed by atoms with Crippen LogP contribution in [0.5, 0.6) is 0 Å². The van der Waals surface area contributed by atoms with Crippen LogP contribution in [0, 0.1) is 0 Å². The molecule has 0 aliphatic carbocycles. The average molecular weight is 377 g/mol. The highest BCUT2D eigenvalue weighted by Crippen LogP contribution is 2.38. The number of aromatic amines is 2. The Kier molecular flexibility index (Phi) is 3.29. The summed E-state index contributed by atoms with van der Waals surface area (Å²) in [4.78, 5) is 21.5. The number of para-hydroxylation sites is 1. The zero-order valence-electron chi connectivity index (χ0n) is 16.2. The molecule has 0 radical (unpaired) electrons. The maximum Gasteiger partial charge on any atom is 0.140 e. The third kappa shape index (κ3) is 2.24. The molecular formula is C24H19N5. The van der Waals surface area contributed by atoms with Crippen LogP contribution in [0.4, 0.5) is 0 Å². The molecule has 2 aromatic carbocycles. The van der Waals surface area contributed by atoms with Crippen LogP contribution in [-0.4, -0.2) is 24.9 Å². The van der Waals surface area contributed by atoms with Crippen LogP contribution < -0.4 is 0 Å². The highest BCUT2D eigenvalue weighted by Gasteiger charge is 2.21. The predicted molar refractivity (Wildman–Crippen MR) is 118 cm³/mol. The fourth-order valence-electron chi connectivity index (χ4n) is 4.31. The molecule has 0 saturated heterocycles. The first-order valence-electron chi connectivity index (χ1n) is 9.84. The van der Waals surface area contributed by atoms with Crippen molar-refractivity contribution in [2.24, 2.45) is 0 Å². The summed E-state index contributed by atoms with van der Waals surface area (Å²) in [5.74, 6) is 1.23. The summed E-state index contributed by atoms with van der Waals surface area (Å²) in [6, 6.07) is 16.5. The van der Waals surface area contributed by atoms with Gasteiger partial charge < -0.3 is 9.97 Å². The summed E-state index contributed by atoms with van der Waals surface area (Å²) in [7, 11) is 0. The summed E-state index contributed by atoms with van der Waals surface area (Å²) >= 11 is 0. The molecule has 0 aliphatic rings. The number of imidazole rings is 1. The van der Waals surface area contributed by atoms with Crippen LogP contribution in [-0.2, 0) is 0 Å². The number of H-pyrrole nitrogens is 2. The van der Waals surface area contributed by atoms with Crippen LogP contribution >= 0.6 is 0 Å². The summed E-state index contributed by atoms with van der Waals surface area (Å²) in [6.45, 7) is 4.41. The SMILES string of the molecule is CC(C)c1[nH]c2ccccc2c1-c1nc2c3cccnc3c3ncccc3c2[nH]1. The number of pyridine rings is 2. The minimum absolute atomic E-state index is 0.349. The molecule has 0 atom stereocenters. The van der Waals surface area contributed by atoms with Crippen molar-refractivity contribution < 1.29 is 0 Å². The predicted octanol–water partition coefficient (Wildman–Crippen LogP) is 5.93. The van der Waals surface area contributed by atoms with Crippen molar-refractivity contribution in [2.45, 2.75) is 19.8 Å². The van der Waals surface area contributed by atoms with E-state index in [-0.39, 0.29) is 0 Å². The van der Waals surface area contributed by atoms with Crippen LogP contribution in [0.1, 0.15) is 25.5 Å². The van der Waals surface area contributed by atoms with E-state index >= 15 is 0 Å². The smallest absolute Gasteiger partial charge is 0.140 e. The lowest BCUT2D eigenvalue weighted by atomic mass is 10.0. The first-order chi connectivity index (χ1) is 14.2. The zero-order valence-corrected chi connectivity index (χ0v) is 16.2. The molecule has 6 aromatic rings. The standard InChI is InChI=1S/C24H19N5/c1-13(2)19-18(14-7-3-4-10-17(14)27-19)24-28-22-15-8-5-11-25-20(15)21-16(23(22)29-24)9-6-12-26-21/h3-13,27H,1-2H3,(H,28,29). The molecule has 0 saturated carbocycles. The number of aromatic nitrogens is 5. The first-order valence-corrected chi connectivity index (χ1v) is 9.84. The topological polar surface area (TPSA) is 70.2 Å². The van der Waals surface area contributed by atoms with E-state index in [1.807, 2.05) is 24.5 Å². The van der Waals surface area contributed by atoms with Gasteiger partial charge in [-0.05, 0) is 36.2 Å². The second-order valence-electron chi connectivity index (χ2n) is 7.72. The lowest BCUT2D eigenvalue weighted by Crippen LogP contribution is -1.91. The van der Waals surface area contributed by atoms with E-state index in [0.717, 1.165) is 49.7 Å². The van der Waals surface area contributed by atoms with E-state index in [9.17, 15) is 0 Å². The van der Waals surface area contributed by atoms with Crippen molar-refractivity contribution >= 4 is 43.7 Å². The molecule has 4 heterocycles. The maximum absolute atomic E-state index is 5.08. The van der Waals surface area contributed by atoms with Gasteiger partial charge in [0.05, 0.1) is 22.1 Å². The number of hydrogen-bond acceptors (Lipinski definition) is 3. The second-order valence-corrected chi connectivity index (χ2v) is 7.72. The van der Waals surface area contributed by atoms with Gasteiger partial charge in [-0.1, -0.05) is 32.0 Å². The van der Waals surface area contributed by atoms with Gasteiger partial charge in [-0.2, -0.15) is 0 Å². The summed E-state index contributed by atoms with van der Waals surface area (Å²) in [5, 5.41) is 3.24. The van der Waals surface area contributed by atoms with Crippen molar-refractivity contribution in [1.82, 2.24) is 24.9 Å². The van der Waals surface area contributed by atoms with Gasteiger partial charge in [-0.15, -0.1) is 0 Å². The fraction of sp³-hybridized carbons (Fsp3) is 0.125. The lowest BCUT2D eigenvalue weighted by molar-refractivity contribution is 0.837. The first kappa shape index (κ1) is 16.2. The van der Waals surface area contributed by atoms with Gasteiger partial charge in [0.1, 0.15) is 5.82 Å². The largest absolute Gasteiger partial charge is 0.358 e. The Balaban J connectivity index is 1.78. The maximum atomic E-state index is 5.08. The molecule has 2 N–H and O–H groups in total. The van der Waals surface area contributed by atoms with Crippen molar-refractivity contribution in [3.63, 3.8) is 0 Å². The van der Waals surface area contributed by atoms with Gasteiger partial charge in [0.15, 0.2) is 0 Å². The molecule has 0 amide bonds. The molecule has 6 rings (SSSR count). The van der Waals surface area contributed by atoms with Crippen LogP contribution in [0.2, 0.25) is 0 Å². The number of nitrogens with zero attached hydrogens (tertiary/aromatic N) is 3. The van der Waals surface area contributed by atoms with Crippen LogP contribution in [0.15, 0.2) is 60.9 Å². The molecule has 5 nitrogen and oxygen atoms in total. The Morgan fingerprint density at radius 3 is 2.21 bits per heavy atom. The number of fused-ring (bicyclic) bond motifs is 7. The number of hydrogen-bond donors (Lipinski definition) is 2. The van der Waals surface area contributed by atoms with Crippen molar-refractivity contribution in [3.8, 4) is 11.4 Å². The summed E-state index contributed by atoms with van der Waals surface area (Å²) in [5.41, 5.74) is 7.18. The van der Waals surface area contributed by atoms with Gasteiger partial charge in [0.2, 0.25) is 0 Å². The zero-order chi connectivity index (χ0) is 19.5. The van der Waals surface area contributed by atoms with Gasteiger partial charge in [-0.25, -0.2) is 4.98 Å². The molecule has 0 aliphatic heterocycles. The highest BCUT2D eigenvalue weighted by atomic mass is 14.9. The number of benzene rings is 2. The number of nitrogens with one attached hydrogen (secondary N) is 2. The highest BCUT2D eigenvalue weighted by molar-refractivity contribution is 6.21. The normalized spacial score (nSPS) is 12.1. The Morgan fingerprint density at radius 1 is 0.724 bits per heavy atom. The fourth-order valence-corrected chi connectivity index (χ4v) is 4.31. The monoisotopic (exact) mass is 377 g/mol. The van der Waals surface area contributed by atoms with Gasteiger partial charge >= 0.3 is 0 Å². The van der Waals surface area contributed by atoms with Crippen molar-refractivity contribution in [3.05, 3.63) is 66.6 Å². The quantitative estimate of drug-likeness (QED) is 0.367. The van der Waals surface area contributed by atoms with E-state index in [4.69, 9.17) is 4.98 Å². The van der Waals surface area contributed by atoms with E-state index in [1.165, 1.54) is 11.1 Å². The molecule has 4 aromatic heterocycles.